The summed E-state index contributed by atoms with van der Waals surface area (Å²) in [6.45, 7) is 0. The number of hydrogen-bond acceptors (Lipinski definition) is 5. The molecule has 10 heteroatoms. The Morgan fingerprint density at radius 1 is 1.26 bits per heavy atom. The molecule has 118 valence electrons. The summed E-state index contributed by atoms with van der Waals surface area (Å²) in [6.07, 6.45) is 2.21. The Kier molecular flexibility index (Phi) is 3.86. The van der Waals surface area contributed by atoms with Crippen LogP contribution >= 0.6 is 27.5 Å². The minimum atomic E-state index is -3.90. The molecule has 0 fully saturated rings. The molecule has 0 saturated heterocycles. The standard InChI is InChI=1S/C13H7BrClN3O4S/c14-9-7-17(23(21,22)8-4-2-1-3-5-8)13-11(9)12(15)10(6-16-13)18(19)20/h1-7H. The van der Waals surface area contributed by atoms with Gasteiger partial charge in [-0.15, -0.1) is 0 Å². The first-order valence-electron chi connectivity index (χ1n) is 6.14. The molecule has 3 aromatic rings. The van der Waals surface area contributed by atoms with Crippen molar-refractivity contribution in [1.82, 2.24) is 8.96 Å². The van der Waals surface area contributed by atoms with Gasteiger partial charge in [0, 0.05) is 10.7 Å². The first-order valence-corrected chi connectivity index (χ1v) is 8.75. The largest absolute Gasteiger partial charge is 0.306 e. The fourth-order valence-electron chi connectivity index (χ4n) is 2.09. The molecule has 1 aromatic carbocycles. The van der Waals surface area contributed by atoms with Gasteiger partial charge in [0.15, 0.2) is 5.65 Å². The molecule has 0 atom stereocenters. The third-order valence-corrected chi connectivity index (χ3v) is 5.80. The van der Waals surface area contributed by atoms with Crippen molar-refractivity contribution in [2.75, 3.05) is 0 Å². The van der Waals surface area contributed by atoms with Crippen molar-refractivity contribution in [3.63, 3.8) is 0 Å². The zero-order valence-electron chi connectivity index (χ0n) is 11.2. The molecule has 0 aliphatic carbocycles. The molecule has 2 heterocycles. The number of nitrogens with zero attached hydrogens (tertiary/aromatic N) is 3. The molecule has 0 saturated carbocycles. The van der Waals surface area contributed by atoms with Crippen LogP contribution in [0.3, 0.4) is 0 Å². The fourth-order valence-corrected chi connectivity index (χ4v) is 4.57. The van der Waals surface area contributed by atoms with Crippen LogP contribution < -0.4 is 0 Å². The topological polar surface area (TPSA) is 95.1 Å². The fraction of sp³-hybridized carbons (Fsp3) is 0. The molecule has 23 heavy (non-hydrogen) atoms. The Bertz CT molecular complexity index is 1030. The molecule has 0 aliphatic rings. The normalized spacial score (nSPS) is 11.7. The van der Waals surface area contributed by atoms with E-state index in [1.807, 2.05) is 0 Å². The van der Waals surface area contributed by atoms with Gasteiger partial charge in [0.2, 0.25) is 0 Å². The molecule has 0 aliphatic heterocycles. The van der Waals surface area contributed by atoms with Gasteiger partial charge in [-0.3, -0.25) is 10.1 Å². The lowest BCUT2D eigenvalue weighted by Crippen LogP contribution is -2.12. The highest BCUT2D eigenvalue weighted by molar-refractivity contribution is 9.10. The molecule has 0 radical (unpaired) electrons. The van der Waals surface area contributed by atoms with Gasteiger partial charge in [-0.05, 0) is 28.1 Å². The van der Waals surface area contributed by atoms with E-state index in [1.165, 1.54) is 18.3 Å². The maximum Gasteiger partial charge on any atom is 0.306 e. The van der Waals surface area contributed by atoms with Crippen LogP contribution in [0.5, 0.6) is 0 Å². The van der Waals surface area contributed by atoms with Crippen LogP contribution in [0.2, 0.25) is 5.02 Å². The summed E-state index contributed by atoms with van der Waals surface area (Å²) in [6, 6.07) is 7.78. The van der Waals surface area contributed by atoms with Gasteiger partial charge in [0.05, 0.1) is 15.2 Å². The number of aromatic nitrogens is 2. The van der Waals surface area contributed by atoms with Gasteiger partial charge < -0.3 is 0 Å². The quantitative estimate of drug-likeness (QED) is 0.480. The molecule has 0 amide bonds. The Morgan fingerprint density at radius 2 is 1.91 bits per heavy atom. The van der Waals surface area contributed by atoms with Crippen LogP contribution in [-0.2, 0) is 10.0 Å². The number of pyridine rings is 1. The van der Waals surface area contributed by atoms with Crippen molar-refractivity contribution in [2.45, 2.75) is 4.90 Å². The van der Waals surface area contributed by atoms with Crippen LogP contribution in [0.15, 0.2) is 52.1 Å². The number of rotatable bonds is 3. The van der Waals surface area contributed by atoms with Crippen molar-refractivity contribution in [2.24, 2.45) is 0 Å². The van der Waals surface area contributed by atoms with Crippen molar-refractivity contribution in [1.29, 1.82) is 0 Å². The van der Waals surface area contributed by atoms with E-state index in [1.54, 1.807) is 18.2 Å². The molecular weight excluding hydrogens is 410 g/mol. The average molecular weight is 417 g/mol. The van der Waals surface area contributed by atoms with Gasteiger partial charge in [0.1, 0.15) is 11.2 Å². The summed E-state index contributed by atoms with van der Waals surface area (Å²) in [5.41, 5.74) is -0.383. The highest BCUT2D eigenvalue weighted by atomic mass is 79.9. The lowest BCUT2D eigenvalue weighted by molar-refractivity contribution is -0.384. The van der Waals surface area contributed by atoms with E-state index < -0.39 is 20.6 Å². The second-order valence-corrected chi connectivity index (χ2v) is 7.55. The number of fused-ring (bicyclic) bond motifs is 1. The summed E-state index contributed by atoms with van der Waals surface area (Å²) >= 11 is 9.22. The van der Waals surface area contributed by atoms with E-state index in [4.69, 9.17) is 11.6 Å². The van der Waals surface area contributed by atoms with Gasteiger partial charge in [-0.25, -0.2) is 17.4 Å². The molecule has 7 nitrogen and oxygen atoms in total. The van der Waals surface area contributed by atoms with Crippen molar-refractivity contribution in [3.05, 3.63) is 62.3 Å². The zero-order chi connectivity index (χ0) is 16.8. The third kappa shape index (κ3) is 2.50. The first kappa shape index (κ1) is 15.9. The Hall–Kier alpha value is -1.97. The predicted octanol–water partition coefficient (Wildman–Crippen LogP) is 3.60. The van der Waals surface area contributed by atoms with Crippen LogP contribution in [0, 0.1) is 10.1 Å². The van der Waals surface area contributed by atoms with Gasteiger partial charge in [-0.2, -0.15) is 0 Å². The van der Waals surface area contributed by atoms with E-state index >= 15 is 0 Å². The van der Waals surface area contributed by atoms with E-state index in [9.17, 15) is 18.5 Å². The predicted molar refractivity (Wildman–Crippen MR) is 88.1 cm³/mol. The Labute approximate surface area is 143 Å². The smallest absolute Gasteiger partial charge is 0.258 e. The van der Waals surface area contributed by atoms with Crippen LogP contribution in [0.25, 0.3) is 11.0 Å². The average Bonchev–Trinajstić information content (AvgIpc) is 2.87. The highest BCUT2D eigenvalue weighted by Gasteiger charge is 2.26. The lowest BCUT2D eigenvalue weighted by Gasteiger charge is -2.06. The minimum absolute atomic E-state index is 0.0105. The monoisotopic (exact) mass is 415 g/mol. The highest BCUT2D eigenvalue weighted by Crippen LogP contribution is 2.37. The Morgan fingerprint density at radius 3 is 2.52 bits per heavy atom. The molecule has 0 bridgehead atoms. The van der Waals surface area contributed by atoms with Crippen molar-refractivity contribution < 1.29 is 13.3 Å². The van der Waals surface area contributed by atoms with Crippen LogP contribution in [-0.4, -0.2) is 22.3 Å². The molecule has 3 rings (SSSR count). The van der Waals surface area contributed by atoms with Gasteiger partial charge in [0.25, 0.3) is 10.0 Å². The number of hydrogen-bond donors (Lipinski definition) is 0. The molecule has 2 aromatic heterocycles. The van der Waals surface area contributed by atoms with Crippen molar-refractivity contribution >= 4 is 54.3 Å². The summed E-state index contributed by atoms with van der Waals surface area (Å²) < 4.78 is 26.7. The summed E-state index contributed by atoms with van der Waals surface area (Å²) in [5, 5.41) is 10.9. The minimum Gasteiger partial charge on any atom is -0.258 e. The summed E-state index contributed by atoms with van der Waals surface area (Å²) in [5.74, 6) is 0. The summed E-state index contributed by atoms with van der Waals surface area (Å²) in [7, 11) is -3.90. The van der Waals surface area contributed by atoms with E-state index in [0.29, 0.717) is 4.47 Å². The van der Waals surface area contributed by atoms with Crippen molar-refractivity contribution in [3.8, 4) is 0 Å². The van der Waals surface area contributed by atoms with E-state index in [2.05, 4.69) is 20.9 Å². The van der Waals surface area contributed by atoms with E-state index in [-0.39, 0.29) is 21.0 Å². The number of nitro groups is 1. The van der Waals surface area contributed by atoms with Gasteiger partial charge in [-0.1, -0.05) is 29.8 Å². The number of benzene rings is 1. The first-order chi connectivity index (χ1) is 10.8. The van der Waals surface area contributed by atoms with Crippen LogP contribution in [0.1, 0.15) is 0 Å². The molecule has 0 N–H and O–H groups in total. The number of halogens is 2. The zero-order valence-corrected chi connectivity index (χ0v) is 14.3. The maximum absolute atomic E-state index is 12.7. The second kappa shape index (κ2) is 5.59. The van der Waals surface area contributed by atoms with Gasteiger partial charge >= 0.3 is 5.69 Å². The molecule has 0 unspecified atom stereocenters. The van der Waals surface area contributed by atoms with Crippen LogP contribution in [0.4, 0.5) is 5.69 Å². The lowest BCUT2D eigenvalue weighted by atomic mass is 10.3. The maximum atomic E-state index is 12.7. The molecular formula is C13H7BrClN3O4S. The second-order valence-electron chi connectivity index (χ2n) is 4.50. The third-order valence-electron chi connectivity index (χ3n) is 3.15. The Balaban J connectivity index is 2.33. The van der Waals surface area contributed by atoms with E-state index in [0.717, 1.165) is 10.2 Å². The molecule has 0 spiro atoms. The summed E-state index contributed by atoms with van der Waals surface area (Å²) in [4.78, 5) is 14.2. The SMILES string of the molecule is O=[N+]([O-])c1cnc2c(c(Br)cn2S(=O)(=O)c2ccccc2)c1Cl.